The van der Waals surface area contributed by atoms with Crippen molar-refractivity contribution in [3.8, 4) is 5.75 Å². The van der Waals surface area contributed by atoms with Crippen LogP contribution in [-0.4, -0.2) is 41.1 Å². The Kier molecular flexibility index (Phi) is 6.68. The lowest BCUT2D eigenvalue weighted by Gasteiger charge is -2.26. The molecule has 0 aliphatic heterocycles. The molecule has 0 aliphatic rings. The minimum Gasteiger partial charge on any atom is -0.484 e. The van der Waals surface area contributed by atoms with E-state index in [9.17, 15) is 9.59 Å². The first-order valence-electron chi connectivity index (χ1n) is 6.88. The zero-order chi connectivity index (χ0) is 15.8. The van der Waals surface area contributed by atoms with E-state index < -0.39 is 11.9 Å². The molecule has 6 nitrogen and oxygen atoms in total. The number of ether oxygens (including phenoxy) is 1. The molecule has 0 saturated heterocycles. The molecule has 21 heavy (non-hydrogen) atoms. The molecule has 0 radical (unpaired) electrons. The van der Waals surface area contributed by atoms with E-state index in [1.54, 1.807) is 12.1 Å². The van der Waals surface area contributed by atoms with Crippen LogP contribution in [0, 0.1) is 0 Å². The van der Waals surface area contributed by atoms with Gasteiger partial charge in [-0.25, -0.2) is 0 Å². The maximum absolute atomic E-state index is 10.9. The van der Waals surface area contributed by atoms with E-state index in [-0.39, 0.29) is 19.2 Å². The Morgan fingerprint density at radius 1 is 1.33 bits per heavy atom. The largest absolute Gasteiger partial charge is 0.484 e. The summed E-state index contributed by atoms with van der Waals surface area (Å²) in [5, 5.41) is 8.97. The number of aliphatic carboxylic acids is 1. The van der Waals surface area contributed by atoms with Crippen molar-refractivity contribution in [2.24, 2.45) is 5.73 Å². The van der Waals surface area contributed by atoms with Gasteiger partial charge in [-0.3, -0.25) is 14.5 Å². The van der Waals surface area contributed by atoms with Gasteiger partial charge in [0.1, 0.15) is 5.75 Å². The fourth-order valence-corrected chi connectivity index (χ4v) is 1.88. The second-order valence-corrected chi connectivity index (χ2v) is 4.95. The molecule has 116 valence electrons. The fourth-order valence-electron chi connectivity index (χ4n) is 1.88. The molecule has 1 atom stereocenters. The first-order chi connectivity index (χ1) is 9.92. The first kappa shape index (κ1) is 17.0. The molecule has 1 rings (SSSR count). The van der Waals surface area contributed by atoms with E-state index in [2.05, 4.69) is 0 Å². The Morgan fingerprint density at radius 2 is 1.95 bits per heavy atom. The third-order valence-electron chi connectivity index (χ3n) is 3.24. The van der Waals surface area contributed by atoms with Crippen LogP contribution < -0.4 is 10.5 Å². The van der Waals surface area contributed by atoms with Crippen molar-refractivity contribution in [1.29, 1.82) is 0 Å². The molecular formula is C15H22N2O4. The van der Waals surface area contributed by atoms with Crippen molar-refractivity contribution in [3.05, 3.63) is 29.8 Å². The van der Waals surface area contributed by atoms with Gasteiger partial charge in [0.25, 0.3) is 5.91 Å². The molecule has 6 heteroatoms. The Labute approximate surface area is 124 Å². The van der Waals surface area contributed by atoms with Crippen LogP contribution in [0.3, 0.4) is 0 Å². The SMILES string of the molecule is CCC(C)N(CC(=O)O)Cc1ccc(OCC(N)=O)cc1. The topological polar surface area (TPSA) is 92.9 Å². The lowest BCUT2D eigenvalue weighted by Crippen LogP contribution is -2.36. The molecule has 0 spiro atoms. The molecule has 3 N–H and O–H groups in total. The Morgan fingerprint density at radius 3 is 2.43 bits per heavy atom. The molecule has 0 bridgehead atoms. The summed E-state index contributed by atoms with van der Waals surface area (Å²) >= 11 is 0. The van der Waals surface area contributed by atoms with Crippen molar-refractivity contribution in [1.82, 2.24) is 4.90 Å². The van der Waals surface area contributed by atoms with Gasteiger partial charge >= 0.3 is 5.97 Å². The van der Waals surface area contributed by atoms with E-state index in [1.165, 1.54) is 0 Å². The zero-order valence-electron chi connectivity index (χ0n) is 12.4. The van der Waals surface area contributed by atoms with Gasteiger partial charge in [-0.1, -0.05) is 19.1 Å². The van der Waals surface area contributed by atoms with Crippen molar-refractivity contribution >= 4 is 11.9 Å². The number of rotatable bonds is 9. The van der Waals surface area contributed by atoms with Gasteiger partial charge in [-0.15, -0.1) is 0 Å². The second kappa shape index (κ2) is 8.26. The lowest BCUT2D eigenvalue weighted by atomic mass is 10.1. The number of carboxylic acid groups (broad SMARTS) is 1. The van der Waals surface area contributed by atoms with Gasteiger partial charge in [-0.2, -0.15) is 0 Å². The van der Waals surface area contributed by atoms with E-state index >= 15 is 0 Å². The monoisotopic (exact) mass is 294 g/mol. The highest BCUT2D eigenvalue weighted by molar-refractivity contribution is 5.75. The van der Waals surface area contributed by atoms with Crippen LogP contribution in [0.2, 0.25) is 0 Å². The maximum Gasteiger partial charge on any atom is 0.317 e. The molecular weight excluding hydrogens is 272 g/mol. The normalized spacial score (nSPS) is 12.1. The Hall–Kier alpha value is -2.08. The number of hydrogen-bond acceptors (Lipinski definition) is 4. The average Bonchev–Trinajstić information content (AvgIpc) is 2.44. The number of hydrogen-bond donors (Lipinski definition) is 2. The number of carbonyl (C=O) groups excluding carboxylic acids is 1. The van der Waals surface area contributed by atoms with Crippen LogP contribution in [0.15, 0.2) is 24.3 Å². The molecule has 0 saturated carbocycles. The number of amides is 1. The number of benzene rings is 1. The molecule has 0 aliphatic carbocycles. The predicted octanol–water partition coefficient (Wildman–Crippen LogP) is 1.24. The van der Waals surface area contributed by atoms with E-state index in [4.69, 9.17) is 15.6 Å². The highest BCUT2D eigenvalue weighted by Gasteiger charge is 2.15. The van der Waals surface area contributed by atoms with Gasteiger partial charge in [0.2, 0.25) is 0 Å². The minimum absolute atomic E-state index is 0.00886. The summed E-state index contributed by atoms with van der Waals surface area (Å²) in [6.45, 7) is 4.44. The number of nitrogens with zero attached hydrogens (tertiary/aromatic N) is 1. The van der Waals surface area contributed by atoms with E-state index in [0.29, 0.717) is 12.3 Å². The molecule has 1 aromatic carbocycles. The number of carboxylic acids is 1. The van der Waals surface area contributed by atoms with Crippen LogP contribution in [0.25, 0.3) is 0 Å². The molecule has 1 unspecified atom stereocenters. The summed E-state index contributed by atoms with van der Waals surface area (Å²) in [6.07, 6.45) is 0.882. The van der Waals surface area contributed by atoms with E-state index in [0.717, 1.165) is 12.0 Å². The number of primary amides is 1. The van der Waals surface area contributed by atoms with Crippen LogP contribution in [-0.2, 0) is 16.1 Å². The molecule has 0 heterocycles. The highest BCUT2D eigenvalue weighted by Crippen LogP contribution is 2.15. The van der Waals surface area contributed by atoms with Crippen LogP contribution in [0.4, 0.5) is 0 Å². The number of nitrogens with two attached hydrogens (primary N) is 1. The van der Waals surface area contributed by atoms with Crippen molar-refractivity contribution in [2.45, 2.75) is 32.9 Å². The van der Waals surface area contributed by atoms with Crippen molar-refractivity contribution < 1.29 is 19.4 Å². The predicted molar refractivity (Wildman–Crippen MR) is 78.9 cm³/mol. The molecule has 1 amide bonds. The van der Waals surface area contributed by atoms with E-state index in [1.807, 2.05) is 30.9 Å². The molecule has 1 aromatic rings. The van der Waals surface area contributed by atoms with Gasteiger partial charge < -0.3 is 15.6 Å². The summed E-state index contributed by atoms with van der Waals surface area (Å²) in [4.78, 5) is 23.5. The van der Waals surface area contributed by atoms with Gasteiger partial charge in [0.05, 0.1) is 6.54 Å². The second-order valence-electron chi connectivity index (χ2n) is 4.95. The summed E-state index contributed by atoms with van der Waals surface area (Å²) in [5.41, 5.74) is 5.99. The smallest absolute Gasteiger partial charge is 0.317 e. The summed E-state index contributed by atoms with van der Waals surface area (Å²) < 4.78 is 5.18. The third-order valence-corrected chi connectivity index (χ3v) is 3.24. The highest BCUT2D eigenvalue weighted by atomic mass is 16.5. The lowest BCUT2D eigenvalue weighted by molar-refractivity contribution is -0.139. The van der Waals surface area contributed by atoms with Crippen LogP contribution in [0.1, 0.15) is 25.8 Å². The zero-order valence-corrected chi connectivity index (χ0v) is 12.4. The molecule has 0 aromatic heterocycles. The molecule has 0 fully saturated rings. The van der Waals surface area contributed by atoms with Crippen LogP contribution >= 0.6 is 0 Å². The minimum atomic E-state index is -0.836. The Balaban J connectivity index is 2.66. The number of carbonyl (C=O) groups is 2. The summed E-state index contributed by atoms with van der Waals surface area (Å²) in [7, 11) is 0. The third kappa shape index (κ3) is 6.27. The average molecular weight is 294 g/mol. The quantitative estimate of drug-likeness (QED) is 0.714. The first-order valence-corrected chi connectivity index (χ1v) is 6.88. The fraction of sp³-hybridized carbons (Fsp3) is 0.467. The Bertz CT molecular complexity index is 473. The van der Waals surface area contributed by atoms with Crippen molar-refractivity contribution in [3.63, 3.8) is 0 Å². The summed E-state index contributed by atoms with van der Waals surface area (Å²) in [5.74, 6) is -0.800. The van der Waals surface area contributed by atoms with Gasteiger partial charge in [0, 0.05) is 12.6 Å². The van der Waals surface area contributed by atoms with Gasteiger partial charge in [0.15, 0.2) is 6.61 Å². The standard InChI is InChI=1S/C15H22N2O4/c1-3-11(2)17(9-15(19)20)8-12-4-6-13(7-5-12)21-10-14(16)18/h4-7,11H,3,8-10H2,1-2H3,(H2,16,18)(H,19,20). The van der Waals surface area contributed by atoms with Crippen LogP contribution in [0.5, 0.6) is 5.75 Å². The van der Waals surface area contributed by atoms with Crippen molar-refractivity contribution in [2.75, 3.05) is 13.2 Å². The summed E-state index contributed by atoms with van der Waals surface area (Å²) in [6, 6.07) is 7.38. The van der Waals surface area contributed by atoms with Gasteiger partial charge in [-0.05, 0) is 31.0 Å². The maximum atomic E-state index is 10.9.